The molecule has 3 rings (SSSR count). The van der Waals surface area contributed by atoms with Crippen LogP contribution in [-0.2, 0) is 6.61 Å². The molecule has 0 fully saturated rings. The van der Waals surface area contributed by atoms with Crippen molar-refractivity contribution < 1.29 is 9.53 Å². The SMILES string of the molecule is O=Cc1cccc(OCc2cccc3cccnc23)c1. The number of fused-ring (bicyclic) bond motifs is 1. The Labute approximate surface area is 116 Å². The first-order valence-corrected chi connectivity index (χ1v) is 6.37. The smallest absolute Gasteiger partial charge is 0.150 e. The highest BCUT2D eigenvalue weighted by molar-refractivity contribution is 5.81. The Morgan fingerprint density at radius 1 is 1.05 bits per heavy atom. The zero-order valence-electron chi connectivity index (χ0n) is 10.8. The van der Waals surface area contributed by atoms with Crippen molar-refractivity contribution in [2.24, 2.45) is 0 Å². The molecule has 98 valence electrons. The van der Waals surface area contributed by atoms with Crippen molar-refractivity contribution in [3.63, 3.8) is 0 Å². The number of para-hydroxylation sites is 1. The lowest BCUT2D eigenvalue weighted by molar-refractivity contribution is 0.112. The Balaban J connectivity index is 1.84. The summed E-state index contributed by atoms with van der Waals surface area (Å²) in [6.07, 6.45) is 2.59. The Bertz CT molecular complexity index is 747. The fourth-order valence-corrected chi connectivity index (χ4v) is 2.12. The molecule has 1 aromatic heterocycles. The zero-order valence-corrected chi connectivity index (χ0v) is 10.8. The van der Waals surface area contributed by atoms with E-state index in [2.05, 4.69) is 4.98 Å². The maximum Gasteiger partial charge on any atom is 0.150 e. The van der Waals surface area contributed by atoms with Crippen molar-refractivity contribution in [3.05, 3.63) is 71.9 Å². The van der Waals surface area contributed by atoms with Gasteiger partial charge in [-0.05, 0) is 18.2 Å². The van der Waals surface area contributed by atoms with Crippen LogP contribution in [0.2, 0.25) is 0 Å². The molecule has 0 saturated heterocycles. The molecular formula is C17H13NO2. The van der Waals surface area contributed by atoms with E-state index in [1.807, 2.05) is 36.4 Å². The van der Waals surface area contributed by atoms with Gasteiger partial charge in [-0.15, -0.1) is 0 Å². The first-order valence-electron chi connectivity index (χ1n) is 6.37. The van der Waals surface area contributed by atoms with Gasteiger partial charge in [0.25, 0.3) is 0 Å². The van der Waals surface area contributed by atoms with E-state index < -0.39 is 0 Å². The third-order valence-corrected chi connectivity index (χ3v) is 3.10. The molecule has 0 aliphatic heterocycles. The molecular weight excluding hydrogens is 250 g/mol. The third kappa shape index (κ3) is 2.52. The Kier molecular flexibility index (Phi) is 3.42. The molecule has 0 amide bonds. The van der Waals surface area contributed by atoms with Gasteiger partial charge in [0.05, 0.1) is 5.52 Å². The molecule has 1 heterocycles. The minimum Gasteiger partial charge on any atom is -0.489 e. The highest BCUT2D eigenvalue weighted by atomic mass is 16.5. The number of rotatable bonds is 4. The molecule has 0 atom stereocenters. The summed E-state index contributed by atoms with van der Waals surface area (Å²) in [6, 6.07) is 17.1. The van der Waals surface area contributed by atoms with E-state index in [1.165, 1.54) is 0 Å². The highest BCUT2D eigenvalue weighted by Crippen LogP contribution is 2.19. The van der Waals surface area contributed by atoms with Crippen LogP contribution in [0.3, 0.4) is 0 Å². The molecule has 0 radical (unpaired) electrons. The summed E-state index contributed by atoms with van der Waals surface area (Å²) in [5.41, 5.74) is 2.58. The van der Waals surface area contributed by atoms with Crippen molar-refractivity contribution in [2.45, 2.75) is 6.61 Å². The summed E-state index contributed by atoms with van der Waals surface area (Å²) < 4.78 is 5.74. The van der Waals surface area contributed by atoms with Gasteiger partial charge >= 0.3 is 0 Å². The summed E-state index contributed by atoms with van der Waals surface area (Å²) in [6.45, 7) is 0.427. The van der Waals surface area contributed by atoms with Crippen LogP contribution in [0.25, 0.3) is 10.9 Å². The number of aromatic nitrogens is 1. The lowest BCUT2D eigenvalue weighted by Gasteiger charge is -2.08. The fraction of sp³-hybridized carbons (Fsp3) is 0.0588. The average molecular weight is 263 g/mol. The van der Waals surface area contributed by atoms with Crippen molar-refractivity contribution >= 4 is 17.2 Å². The standard InChI is InChI=1S/C17H13NO2/c19-11-13-4-1-8-16(10-13)20-12-15-6-2-5-14-7-3-9-18-17(14)15/h1-11H,12H2. The van der Waals surface area contributed by atoms with Crippen molar-refractivity contribution in [2.75, 3.05) is 0 Å². The minimum atomic E-state index is 0.427. The van der Waals surface area contributed by atoms with Gasteiger partial charge in [0.1, 0.15) is 18.6 Å². The minimum absolute atomic E-state index is 0.427. The molecule has 2 aromatic carbocycles. The predicted octanol–water partition coefficient (Wildman–Crippen LogP) is 3.63. The molecule has 3 nitrogen and oxygen atoms in total. The van der Waals surface area contributed by atoms with Crippen molar-refractivity contribution in [1.29, 1.82) is 0 Å². The molecule has 0 unspecified atom stereocenters. The molecule has 0 saturated carbocycles. The van der Waals surface area contributed by atoms with Crippen LogP contribution in [-0.4, -0.2) is 11.3 Å². The number of pyridine rings is 1. The van der Waals surface area contributed by atoms with E-state index in [1.54, 1.807) is 24.4 Å². The number of aldehydes is 1. The largest absolute Gasteiger partial charge is 0.489 e. The van der Waals surface area contributed by atoms with Gasteiger partial charge in [0.2, 0.25) is 0 Å². The van der Waals surface area contributed by atoms with Crippen LogP contribution in [0.1, 0.15) is 15.9 Å². The summed E-state index contributed by atoms with van der Waals surface area (Å²) in [5.74, 6) is 0.683. The van der Waals surface area contributed by atoms with Crippen molar-refractivity contribution in [1.82, 2.24) is 4.98 Å². The van der Waals surface area contributed by atoms with Crippen molar-refractivity contribution in [3.8, 4) is 5.75 Å². The average Bonchev–Trinajstić information content (AvgIpc) is 2.53. The molecule has 0 aliphatic carbocycles. The fourth-order valence-electron chi connectivity index (χ4n) is 2.12. The normalized spacial score (nSPS) is 10.4. The molecule has 3 heteroatoms. The number of hydrogen-bond acceptors (Lipinski definition) is 3. The van der Waals surface area contributed by atoms with E-state index in [9.17, 15) is 4.79 Å². The van der Waals surface area contributed by atoms with Crippen LogP contribution in [0.15, 0.2) is 60.8 Å². The van der Waals surface area contributed by atoms with Crippen LogP contribution in [0.4, 0.5) is 0 Å². The first-order chi connectivity index (χ1) is 9.86. The van der Waals surface area contributed by atoms with Crippen LogP contribution in [0, 0.1) is 0 Å². The number of nitrogens with zero attached hydrogens (tertiary/aromatic N) is 1. The quantitative estimate of drug-likeness (QED) is 0.675. The van der Waals surface area contributed by atoms with Crippen LogP contribution < -0.4 is 4.74 Å². The Hall–Kier alpha value is -2.68. The second-order valence-electron chi connectivity index (χ2n) is 4.47. The number of hydrogen-bond donors (Lipinski definition) is 0. The molecule has 3 aromatic rings. The molecule has 20 heavy (non-hydrogen) atoms. The maximum absolute atomic E-state index is 10.7. The number of carbonyl (C=O) groups is 1. The zero-order chi connectivity index (χ0) is 13.8. The lowest BCUT2D eigenvalue weighted by Crippen LogP contribution is -1.97. The summed E-state index contributed by atoms with van der Waals surface area (Å²) >= 11 is 0. The Morgan fingerprint density at radius 3 is 2.80 bits per heavy atom. The van der Waals surface area contributed by atoms with Crippen LogP contribution >= 0.6 is 0 Å². The molecule has 0 N–H and O–H groups in total. The van der Waals surface area contributed by atoms with E-state index in [0.717, 1.165) is 22.8 Å². The highest BCUT2D eigenvalue weighted by Gasteiger charge is 2.03. The first kappa shape index (κ1) is 12.4. The number of benzene rings is 2. The summed E-state index contributed by atoms with van der Waals surface area (Å²) in [5, 5.41) is 1.09. The molecule has 0 spiro atoms. The summed E-state index contributed by atoms with van der Waals surface area (Å²) in [4.78, 5) is 15.1. The predicted molar refractivity (Wildman–Crippen MR) is 77.9 cm³/mol. The van der Waals surface area contributed by atoms with Gasteiger partial charge in [-0.1, -0.05) is 36.4 Å². The molecule has 0 bridgehead atoms. The van der Waals surface area contributed by atoms with E-state index >= 15 is 0 Å². The van der Waals surface area contributed by atoms with Gasteiger partial charge in [0, 0.05) is 22.7 Å². The number of ether oxygens (including phenoxy) is 1. The van der Waals surface area contributed by atoms with Crippen LogP contribution in [0.5, 0.6) is 5.75 Å². The maximum atomic E-state index is 10.7. The topological polar surface area (TPSA) is 39.2 Å². The number of carbonyl (C=O) groups excluding carboxylic acids is 1. The third-order valence-electron chi connectivity index (χ3n) is 3.10. The van der Waals surface area contributed by atoms with E-state index in [-0.39, 0.29) is 0 Å². The van der Waals surface area contributed by atoms with Gasteiger partial charge in [0.15, 0.2) is 0 Å². The Morgan fingerprint density at radius 2 is 1.90 bits per heavy atom. The van der Waals surface area contributed by atoms with Gasteiger partial charge < -0.3 is 4.74 Å². The molecule has 0 aliphatic rings. The van der Waals surface area contributed by atoms with Gasteiger partial charge in [-0.2, -0.15) is 0 Å². The van der Waals surface area contributed by atoms with E-state index in [4.69, 9.17) is 4.74 Å². The second-order valence-corrected chi connectivity index (χ2v) is 4.47. The monoisotopic (exact) mass is 263 g/mol. The lowest BCUT2D eigenvalue weighted by atomic mass is 10.1. The van der Waals surface area contributed by atoms with Gasteiger partial charge in [-0.25, -0.2) is 0 Å². The van der Waals surface area contributed by atoms with E-state index in [0.29, 0.717) is 17.9 Å². The summed E-state index contributed by atoms with van der Waals surface area (Å²) in [7, 11) is 0. The second kappa shape index (κ2) is 5.53. The van der Waals surface area contributed by atoms with Gasteiger partial charge in [-0.3, -0.25) is 9.78 Å².